The lowest BCUT2D eigenvalue weighted by Gasteiger charge is -2.31. The second-order valence-electron chi connectivity index (χ2n) is 6.40. The van der Waals surface area contributed by atoms with E-state index in [-0.39, 0.29) is 6.04 Å². The van der Waals surface area contributed by atoms with Crippen molar-refractivity contribution in [3.05, 3.63) is 51.5 Å². The van der Waals surface area contributed by atoms with Crippen molar-refractivity contribution in [2.75, 3.05) is 26.4 Å². The van der Waals surface area contributed by atoms with Gasteiger partial charge in [0.05, 0.1) is 12.6 Å². The quantitative estimate of drug-likeness (QED) is 0.897. The molecule has 0 aromatic heterocycles. The van der Waals surface area contributed by atoms with Crippen molar-refractivity contribution < 1.29 is 14.2 Å². The van der Waals surface area contributed by atoms with E-state index in [0.717, 1.165) is 46.4 Å². The van der Waals surface area contributed by atoms with Gasteiger partial charge in [-0.2, -0.15) is 0 Å². The predicted octanol–water partition coefficient (Wildman–Crippen LogP) is 4.05. The monoisotopic (exact) mass is 359 g/mol. The Hall–Kier alpha value is -1.91. The average Bonchev–Trinajstić information content (AvgIpc) is 2.62. The zero-order valence-electron chi connectivity index (χ0n) is 14.5. The smallest absolute Gasteiger partial charge is 0.161 e. The maximum absolute atomic E-state index is 6.42. The minimum absolute atomic E-state index is 0.0271. The van der Waals surface area contributed by atoms with E-state index in [1.54, 1.807) is 0 Å². The van der Waals surface area contributed by atoms with Crippen molar-refractivity contribution in [3.63, 3.8) is 0 Å². The fourth-order valence-corrected chi connectivity index (χ4v) is 3.72. The van der Waals surface area contributed by atoms with E-state index in [4.69, 9.17) is 25.8 Å². The number of hydrogen-bond acceptors (Lipinski definition) is 4. The highest BCUT2D eigenvalue weighted by Gasteiger charge is 2.27. The molecule has 0 saturated carbocycles. The van der Waals surface area contributed by atoms with Crippen molar-refractivity contribution in [2.45, 2.75) is 26.3 Å². The van der Waals surface area contributed by atoms with Crippen LogP contribution in [-0.4, -0.2) is 26.4 Å². The topological polar surface area (TPSA) is 39.7 Å². The third kappa shape index (κ3) is 3.05. The molecule has 132 valence electrons. The van der Waals surface area contributed by atoms with Crippen molar-refractivity contribution in [3.8, 4) is 17.2 Å². The van der Waals surface area contributed by atoms with E-state index >= 15 is 0 Å². The maximum atomic E-state index is 6.42. The molecule has 1 atom stereocenters. The van der Waals surface area contributed by atoms with E-state index in [1.165, 1.54) is 11.1 Å². The summed E-state index contributed by atoms with van der Waals surface area (Å²) < 4.78 is 17.4. The number of ether oxygens (including phenoxy) is 3. The Morgan fingerprint density at radius 3 is 2.64 bits per heavy atom. The average molecular weight is 360 g/mol. The van der Waals surface area contributed by atoms with Crippen LogP contribution < -0.4 is 19.5 Å². The second-order valence-corrected chi connectivity index (χ2v) is 6.81. The zero-order valence-corrected chi connectivity index (χ0v) is 15.3. The zero-order chi connectivity index (χ0) is 17.4. The Morgan fingerprint density at radius 2 is 1.88 bits per heavy atom. The molecular formula is C20H22ClNO3. The molecule has 0 bridgehead atoms. The molecule has 0 saturated heterocycles. The summed E-state index contributed by atoms with van der Waals surface area (Å²) in [6.07, 6.45) is 0.964. The van der Waals surface area contributed by atoms with E-state index < -0.39 is 0 Å². The van der Waals surface area contributed by atoms with Gasteiger partial charge in [-0.15, -0.1) is 0 Å². The van der Waals surface area contributed by atoms with Crippen LogP contribution in [0.2, 0.25) is 5.02 Å². The highest BCUT2D eigenvalue weighted by atomic mass is 35.5. The number of benzene rings is 2. The van der Waals surface area contributed by atoms with Crippen molar-refractivity contribution in [2.24, 2.45) is 0 Å². The number of fused-ring (bicyclic) bond motifs is 2. The summed E-state index contributed by atoms with van der Waals surface area (Å²) in [6, 6.07) is 8.29. The Bertz CT molecular complexity index is 806. The summed E-state index contributed by atoms with van der Waals surface area (Å²) in [5.41, 5.74) is 4.57. The first-order valence-corrected chi connectivity index (χ1v) is 9.13. The first-order valence-electron chi connectivity index (χ1n) is 8.76. The lowest BCUT2D eigenvalue weighted by molar-refractivity contribution is 0.171. The molecule has 1 unspecified atom stereocenters. The van der Waals surface area contributed by atoms with Crippen LogP contribution in [0.15, 0.2) is 24.3 Å². The molecular weight excluding hydrogens is 338 g/mol. The van der Waals surface area contributed by atoms with Crippen LogP contribution >= 0.6 is 11.6 Å². The molecule has 25 heavy (non-hydrogen) atoms. The van der Waals surface area contributed by atoms with E-state index in [2.05, 4.69) is 17.4 Å². The summed E-state index contributed by atoms with van der Waals surface area (Å²) in [5.74, 6) is 2.54. The number of halogens is 1. The third-order valence-corrected chi connectivity index (χ3v) is 5.17. The number of rotatable bonds is 3. The molecule has 4 nitrogen and oxygen atoms in total. The van der Waals surface area contributed by atoms with Gasteiger partial charge in [0.2, 0.25) is 0 Å². The van der Waals surface area contributed by atoms with Crippen molar-refractivity contribution in [1.29, 1.82) is 0 Å². The number of aryl methyl sites for hydroxylation is 1. The van der Waals surface area contributed by atoms with Crippen LogP contribution in [-0.2, 0) is 6.42 Å². The van der Waals surface area contributed by atoms with Gasteiger partial charge in [-0.05, 0) is 61.2 Å². The van der Waals surface area contributed by atoms with Gasteiger partial charge in [-0.25, -0.2) is 0 Å². The van der Waals surface area contributed by atoms with Gasteiger partial charge >= 0.3 is 0 Å². The molecule has 2 heterocycles. The minimum atomic E-state index is 0.0271. The lowest BCUT2D eigenvalue weighted by Crippen LogP contribution is -2.31. The highest BCUT2D eigenvalue weighted by Crippen LogP contribution is 2.42. The molecule has 5 heteroatoms. The Kier molecular flexibility index (Phi) is 4.48. The van der Waals surface area contributed by atoms with Crippen LogP contribution in [0.3, 0.4) is 0 Å². The standard InChI is InChI=1S/C20H22ClNO3/c1-3-23-17-8-12(2)16(21)10-15(17)20-14-11-19-18(24-6-7-25-19)9-13(14)4-5-22-20/h8-11,20,22H,3-7H2,1-2H3. The van der Waals surface area contributed by atoms with Crippen LogP contribution in [0.25, 0.3) is 0 Å². The first kappa shape index (κ1) is 16.6. The summed E-state index contributed by atoms with van der Waals surface area (Å²) in [6.45, 7) is 6.71. The normalized spacial score (nSPS) is 18.6. The molecule has 2 aliphatic rings. The summed E-state index contributed by atoms with van der Waals surface area (Å²) in [5, 5.41) is 4.36. The molecule has 2 aromatic rings. The van der Waals surface area contributed by atoms with Gasteiger partial charge in [0.25, 0.3) is 0 Å². The molecule has 4 rings (SSSR count). The number of hydrogen-bond donors (Lipinski definition) is 1. The molecule has 2 aliphatic heterocycles. The van der Waals surface area contributed by atoms with E-state index in [1.807, 2.05) is 26.0 Å². The van der Waals surface area contributed by atoms with Gasteiger partial charge in [0.1, 0.15) is 19.0 Å². The van der Waals surface area contributed by atoms with Gasteiger partial charge in [0, 0.05) is 17.1 Å². The fourth-order valence-electron chi connectivity index (χ4n) is 3.55. The van der Waals surface area contributed by atoms with Crippen molar-refractivity contribution >= 4 is 11.6 Å². The largest absolute Gasteiger partial charge is 0.494 e. The molecule has 2 aromatic carbocycles. The lowest BCUT2D eigenvalue weighted by atomic mass is 9.88. The van der Waals surface area contributed by atoms with Crippen LogP contribution in [0.1, 0.15) is 35.2 Å². The summed E-state index contributed by atoms with van der Waals surface area (Å²) in [4.78, 5) is 0. The Balaban J connectivity index is 1.82. The van der Waals surface area contributed by atoms with Gasteiger partial charge in [-0.1, -0.05) is 11.6 Å². The first-order chi connectivity index (χ1) is 12.2. The van der Waals surface area contributed by atoms with Crippen LogP contribution in [0.5, 0.6) is 17.2 Å². The summed E-state index contributed by atoms with van der Waals surface area (Å²) >= 11 is 6.42. The molecule has 0 amide bonds. The minimum Gasteiger partial charge on any atom is -0.494 e. The molecule has 0 fully saturated rings. The Morgan fingerprint density at radius 1 is 1.12 bits per heavy atom. The van der Waals surface area contributed by atoms with Gasteiger partial charge in [-0.3, -0.25) is 0 Å². The fraction of sp³-hybridized carbons (Fsp3) is 0.400. The second kappa shape index (κ2) is 6.77. The molecule has 0 aliphatic carbocycles. The van der Waals surface area contributed by atoms with Crippen LogP contribution in [0.4, 0.5) is 0 Å². The molecule has 1 N–H and O–H groups in total. The van der Waals surface area contributed by atoms with Crippen LogP contribution in [0, 0.1) is 6.92 Å². The maximum Gasteiger partial charge on any atom is 0.161 e. The molecule has 0 spiro atoms. The highest BCUT2D eigenvalue weighted by molar-refractivity contribution is 6.31. The van der Waals surface area contributed by atoms with E-state index in [0.29, 0.717) is 19.8 Å². The number of nitrogens with one attached hydrogen (secondary N) is 1. The Labute approximate surface area is 153 Å². The van der Waals surface area contributed by atoms with E-state index in [9.17, 15) is 0 Å². The SMILES string of the molecule is CCOc1cc(C)c(Cl)cc1C1NCCc2cc3c(cc21)OCCO3. The predicted molar refractivity (Wildman–Crippen MR) is 98.3 cm³/mol. The third-order valence-electron chi connectivity index (χ3n) is 4.76. The van der Waals surface area contributed by atoms with Gasteiger partial charge in [0.15, 0.2) is 11.5 Å². The van der Waals surface area contributed by atoms with Crippen molar-refractivity contribution in [1.82, 2.24) is 5.32 Å². The summed E-state index contributed by atoms with van der Waals surface area (Å²) in [7, 11) is 0. The molecule has 0 radical (unpaired) electrons. The van der Waals surface area contributed by atoms with Gasteiger partial charge < -0.3 is 19.5 Å².